The molecule has 1 heterocycles. The third kappa shape index (κ3) is 5.27. The maximum absolute atomic E-state index is 12.6. The van der Waals surface area contributed by atoms with Crippen molar-refractivity contribution in [3.05, 3.63) is 41.7 Å². The first kappa shape index (κ1) is 20.7. The number of hydrogen-bond donors (Lipinski definition) is 1. The van der Waals surface area contributed by atoms with Crippen molar-refractivity contribution >= 4 is 23.7 Å². The fraction of sp³-hybridized carbons (Fsp3) is 0.389. The maximum atomic E-state index is 12.6. The molecule has 1 aromatic carbocycles. The van der Waals surface area contributed by atoms with E-state index in [9.17, 15) is 13.9 Å². The van der Waals surface area contributed by atoms with Crippen molar-refractivity contribution in [2.75, 3.05) is 6.61 Å². The van der Waals surface area contributed by atoms with Crippen molar-refractivity contribution in [2.45, 2.75) is 32.0 Å². The molecule has 0 aliphatic heterocycles. The highest BCUT2D eigenvalue weighted by Gasteiger charge is 2.24. The van der Waals surface area contributed by atoms with Gasteiger partial charge in [0.15, 0.2) is 23.0 Å². The van der Waals surface area contributed by atoms with Crippen LogP contribution in [0.1, 0.15) is 30.1 Å². The third-order valence-corrected chi connectivity index (χ3v) is 4.61. The van der Waals surface area contributed by atoms with Crippen LogP contribution >= 0.6 is 23.7 Å². The number of alkyl halides is 2. The Morgan fingerprint density at radius 3 is 2.32 bits per heavy atom. The van der Waals surface area contributed by atoms with E-state index in [0.29, 0.717) is 23.7 Å². The van der Waals surface area contributed by atoms with Crippen LogP contribution in [0.5, 0.6) is 23.0 Å². The summed E-state index contributed by atoms with van der Waals surface area (Å²) in [6, 6.07) is 4.27. The minimum absolute atomic E-state index is 0.0176. The Hall–Kier alpha value is -2.03. The molecule has 152 valence electrons. The van der Waals surface area contributed by atoms with Gasteiger partial charge in [0, 0.05) is 12.0 Å². The van der Waals surface area contributed by atoms with E-state index in [1.807, 2.05) is 0 Å². The Kier molecular flexibility index (Phi) is 6.98. The summed E-state index contributed by atoms with van der Waals surface area (Å²) in [5.41, 5.74) is 0.811. The summed E-state index contributed by atoms with van der Waals surface area (Å²) >= 11 is 10.9. The number of aliphatic hydroxyl groups excluding tert-OH is 1. The Morgan fingerprint density at radius 2 is 1.75 bits per heavy atom. The highest BCUT2D eigenvalue weighted by atomic mass is 35.5. The quantitative estimate of drug-likeness (QED) is 0.577. The molecule has 0 spiro atoms. The number of rotatable bonds is 10. The van der Waals surface area contributed by atoms with Gasteiger partial charge in [-0.2, -0.15) is 8.78 Å². The molecule has 1 fully saturated rings. The molecule has 0 bridgehead atoms. The fourth-order valence-electron chi connectivity index (χ4n) is 2.63. The molecule has 1 N–H and O–H groups in total. The van der Waals surface area contributed by atoms with E-state index in [1.165, 1.54) is 30.6 Å². The zero-order valence-corrected chi connectivity index (χ0v) is 16.0. The summed E-state index contributed by atoms with van der Waals surface area (Å²) in [5.74, 6) is 0.797. The van der Waals surface area contributed by atoms with E-state index >= 15 is 0 Å². The highest BCUT2D eigenvalue weighted by molar-refractivity contribution is 6.10. The van der Waals surface area contributed by atoms with Crippen LogP contribution in [-0.4, -0.2) is 23.3 Å². The van der Waals surface area contributed by atoms with Crippen molar-refractivity contribution in [1.29, 1.82) is 0 Å². The number of nitrogens with zero attached hydrogens (tertiary/aromatic N) is 1. The van der Waals surface area contributed by atoms with Gasteiger partial charge in [-0.05, 0) is 36.5 Å². The predicted molar refractivity (Wildman–Crippen MR) is 97.2 cm³/mol. The van der Waals surface area contributed by atoms with Crippen molar-refractivity contribution in [1.82, 2.24) is 4.98 Å². The minimum atomic E-state index is -2.98. The summed E-state index contributed by atoms with van der Waals surface area (Å²) in [6.07, 6.45) is 3.73. The number of benzene rings is 1. The molecule has 1 aromatic heterocycles. The molecule has 1 atom stereocenters. The molecule has 1 aliphatic carbocycles. The fourth-order valence-corrected chi connectivity index (χ4v) is 2.89. The smallest absolute Gasteiger partial charge is 0.387 e. The van der Waals surface area contributed by atoms with Gasteiger partial charge in [-0.15, -0.1) is 0 Å². The zero-order valence-electron chi connectivity index (χ0n) is 14.5. The van der Waals surface area contributed by atoms with Crippen molar-refractivity contribution in [2.24, 2.45) is 5.92 Å². The largest absolute Gasteiger partial charge is 0.489 e. The van der Waals surface area contributed by atoms with Gasteiger partial charge < -0.3 is 23.2 Å². The van der Waals surface area contributed by atoms with E-state index in [-0.39, 0.29) is 29.4 Å². The molecule has 2 aromatic rings. The summed E-state index contributed by atoms with van der Waals surface area (Å²) in [7, 11) is 0. The summed E-state index contributed by atoms with van der Waals surface area (Å²) in [4.78, 5) is 3.86. The van der Waals surface area contributed by atoms with Crippen LogP contribution in [0, 0.1) is 5.92 Å². The van der Waals surface area contributed by atoms with Crippen molar-refractivity contribution in [3.63, 3.8) is 0 Å². The molecule has 0 radical (unpaired) electrons. The van der Waals surface area contributed by atoms with Crippen LogP contribution in [-0.2, 0) is 6.42 Å². The average molecular weight is 436 g/mol. The predicted octanol–water partition coefficient (Wildman–Crippen LogP) is 4.81. The van der Waals surface area contributed by atoms with Gasteiger partial charge in [0.25, 0.3) is 0 Å². The number of hydrogen-bond acceptors (Lipinski definition) is 6. The molecular weight excluding hydrogens is 419 g/mol. The van der Waals surface area contributed by atoms with E-state index < -0.39 is 12.7 Å². The minimum Gasteiger partial charge on any atom is -0.489 e. The molecule has 6 nitrogen and oxygen atoms in total. The van der Waals surface area contributed by atoms with Crippen molar-refractivity contribution in [3.8, 4) is 23.0 Å². The van der Waals surface area contributed by atoms with Gasteiger partial charge in [0.1, 0.15) is 23.7 Å². The van der Waals surface area contributed by atoms with E-state index in [0.717, 1.165) is 12.8 Å². The van der Waals surface area contributed by atoms with Crippen LogP contribution in [0.2, 0.25) is 0 Å². The molecule has 1 unspecified atom stereocenters. The molecule has 28 heavy (non-hydrogen) atoms. The second kappa shape index (κ2) is 9.45. The van der Waals surface area contributed by atoms with E-state index in [1.54, 1.807) is 0 Å². The lowest BCUT2D eigenvalue weighted by Gasteiger charge is -2.17. The van der Waals surface area contributed by atoms with Crippen LogP contribution in [0.4, 0.5) is 8.78 Å². The molecule has 0 amide bonds. The van der Waals surface area contributed by atoms with Crippen LogP contribution in [0.3, 0.4) is 0 Å². The van der Waals surface area contributed by atoms with Gasteiger partial charge >= 0.3 is 6.61 Å². The molecule has 1 aliphatic rings. The Balaban J connectivity index is 1.82. The van der Waals surface area contributed by atoms with Crippen LogP contribution < -0.4 is 18.1 Å². The average Bonchev–Trinajstić information content (AvgIpc) is 3.51. The lowest BCUT2D eigenvalue weighted by molar-refractivity contribution is -0.0515. The molecular formula is C18H17Cl2F2NO5. The monoisotopic (exact) mass is 435 g/mol. The van der Waals surface area contributed by atoms with Crippen LogP contribution in [0.25, 0.3) is 0 Å². The Morgan fingerprint density at radius 1 is 1.07 bits per heavy atom. The third-order valence-electron chi connectivity index (χ3n) is 4.28. The first-order valence-electron chi connectivity index (χ1n) is 8.45. The summed E-state index contributed by atoms with van der Waals surface area (Å²) in [5, 5.41) is 10.6. The first-order chi connectivity index (χ1) is 13.5. The first-order valence-corrected chi connectivity index (χ1v) is 9.07. The number of pyridine rings is 1. The second-order valence-electron chi connectivity index (χ2n) is 6.33. The Labute approximate surface area is 170 Å². The van der Waals surface area contributed by atoms with Gasteiger partial charge in [-0.25, -0.2) is 0 Å². The Bertz CT molecular complexity index is 785. The topological polar surface area (TPSA) is 70.0 Å². The van der Waals surface area contributed by atoms with Gasteiger partial charge in [-0.1, -0.05) is 6.07 Å². The number of halogens is 4. The SMILES string of the molecule is OC(Cc1c(OCl)cncc1OCl)c1ccc(OC(F)F)c(OCC2CC2)c1. The summed E-state index contributed by atoms with van der Waals surface area (Å²) < 4.78 is 44.8. The highest BCUT2D eigenvalue weighted by Crippen LogP contribution is 2.37. The van der Waals surface area contributed by atoms with Crippen molar-refractivity contribution < 1.29 is 31.9 Å². The molecule has 3 rings (SSSR count). The second-order valence-corrected chi connectivity index (χ2v) is 6.64. The summed E-state index contributed by atoms with van der Waals surface area (Å²) in [6.45, 7) is -2.58. The van der Waals surface area contributed by atoms with Crippen LogP contribution in [0.15, 0.2) is 30.6 Å². The van der Waals surface area contributed by atoms with E-state index in [2.05, 4.69) is 9.72 Å². The molecule has 10 heteroatoms. The molecule has 1 saturated carbocycles. The standard InChI is InChI=1S/C18H17Cl2F2NO5/c19-27-16-7-23-8-17(28-20)12(16)6-13(24)11-3-4-14(26-18(21)22)15(5-11)25-9-10-1-2-10/h3-5,7-8,10,13,18,24H,1-2,6,9H2. The number of ether oxygens (including phenoxy) is 2. The van der Waals surface area contributed by atoms with Gasteiger partial charge in [-0.3, -0.25) is 4.98 Å². The lowest BCUT2D eigenvalue weighted by atomic mass is 10.0. The zero-order chi connectivity index (χ0) is 20.1. The van der Waals surface area contributed by atoms with Gasteiger partial charge in [0.2, 0.25) is 0 Å². The van der Waals surface area contributed by atoms with Gasteiger partial charge in [0.05, 0.1) is 25.1 Å². The molecule has 0 saturated heterocycles. The van der Waals surface area contributed by atoms with E-state index in [4.69, 9.17) is 37.0 Å². The number of aliphatic hydroxyl groups is 1. The number of aromatic nitrogens is 1. The maximum Gasteiger partial charge on any atom is 0.387 e. The lowest BCUT2D eigenvalue weighted by Crippen LogP contribution is -2.08. The normalized spacial score (nSPS) is 14.6.